The number of anilines is 2. The van der Waals surface area contributed by atoms with Crippen LogP contribution in [0.2, 0.25) is 0 Å². The number of benzene rings is 2. The van der Waals surface area contributed by atoms with Crippen LogP contribution in [0.15, 0.2) is 42.5 Å². The van der Waals surface area contributed by atoms with Crippen LogP contribution in [-0.4, -0.2) is 18.4 Å². The monoisotopic (exact) mass is 362 g/mol. The zero-order valence-corrected chi connectivity index (χ0v) is 14.1. The van der Waals surface area contributed by atoms with Gasteiger partial charge in [0, 0.05) is 29.9 Å². The summed E-state index contributed by atoms with van der Waals surface area (Å²) in [6.45, 7) is 2.51. The highest BCUT2D eigenvalue weighted by atomic mass is 19.4. The van der Waals surface area contributed by atoms with Gasteiger partial charge in [-0.05, 0) is 55.3 Å². The van der Waals surface area contributed by atoms with Gasteiger partial charge >= 0.3 is 6.18 Å². The van der Waals surface area contributed by atoms with E-state index in [1.807, 2.05) is 6.92 Å². The predicted octanol–water partition coefficient (Wildman–Crippen LogP) is 4.39. The Morgan fingerprint density at radius 3 is 2.38 bits per heavy atom. The van der Waals surface area contributed by atoms with Gasteiger partial charge in [-0.2, -0.15) is 13.2 Å². The Morgan fingerprint density at radius 2 is 1.81 bits per heavy atom. The molecule has 1 N–H and O–H groups in total. The first-order chi connectivity index (χ1) is 12.3. The maximum Gasteiger partial charge on any atom is 0.416 e. The van der Waals surface area contributed by atoms with Crippen LogP contribution in [0, 0.1) is 6.92 Å². The van der Waals surface area contributed by atoms with Crippen LogP contribution in [0.3, 0.4) is 0 Å². The van der Waals surface area contributed by atoms with E-state index >= 15 is 0 Å². The van der Waals surface area contributed by atoms with Crippen molar-refractivity contribution < 1.29 is 22.8 Å². The van der Waals surface area contributed by atoms with Crippen LogP contribution < -0.4 is 10.2 Å². The maximum atomic E-state index is 12.6. The molecule has 2 aromatic carbocycles. The number of amides is 2. The SMILES string of the molecule is Cc1ccc(NC(=O)c2ccc(C(F)(F)F)cc2)cc1N1CCCC1=O. The molecule has 26 heavy (non-hydrogen) atoms. The van der Waals surface area contributed by atoms with Gasteiger partial charge in [-0.3, -0.25) is 9.59 Å². The van der Waals surface area contributed by atoms with Crippen molar-refractivity contribution in [3.05, 3.63) is 59.2 Å². The average Bonchev–Trinajstić information content (AvgIpc) is 3.02. The van der Waals surface area contributed by atoms with Crippen LogP contribution in [0.5, 0.6) is 0 Å². The van der Waals surface area contributed by atoms with E-state index in [4.69, 9.17) is 0 Å². The molecule has 1 saturated heterocycles. The first-order valence-electron chi connectivity index (χ1n) is 8.15. The second kappa shape index (κ2) is 6.82. The molecule has 4 nitrogen and oxygen atoms in total. The lowest BCUT2D eigenvalue weighted by molar-refractivity contribution is -0.137. The lowest BCUT2D eigenvalue weighted by atomic mass is 10.1. The molecule has 0 bridgehead atoms. The number of nitrogens with one attached hydrogen (secondary N) is 1. The van der Waals surface area contributed by atoms with Crippen molar-refractivity contribution in [3.8, 4) is 0 Å². The number of halogens is 3. The standard InChI is InChI=1S/C19H17F3N2O2/c1-12-4-9-15(11-16(12)24-10-2-3-17(24)25)23-18(26)13-5-7-14(8-6-13)19(20,21)22/h4-9,11H,2-3,10H2,1H3,(H,23,26). The Morgan fingerprint density at radius 1 is 1.12 bits per heavy atom. The Kier molecular flexibility index (Phi) is 4.71. The topological polar surface area (TPSA) is 49.4 Å². The van der Waals surface area contributed by atoms with E-state index in [0.29, 0.717) is 18.7 Å². The summed E-state index contributed by atoms with van der Waals surface area (Å²) in [6.07, 6.45) is -3.15. The third kappa shape index (κ3) is 3.71. The fourth-order valence-corrected chi connectivity index (χ4v) is 2.89. The first kappa shape index (κ1) is 18.0. The van der Waals surface area contributed by atoms with Crippen molar-refractivity contribution in [2.24, 2.45) is 0 Å². The molecule has 7 heteroatoms. The largest absolute Gasteiger partial charge is 0.416 e. The molecular formula is C19H17F3N2O2. The van der Waals surface area contributed by atoms with Gasteiger partial charge in [0.25, 0.3) is 5.91 Å². The zero-order valence-electron chi connectivity index (χ0n) is 14.1. The number of hydrogen-bond donors (Lipinski definition) is 1. The molecule has 0 spiro atoms. The molecule has 1 aliphatic heterocycles. The summed E-state index contributed by atoms with van der Waals surface area (Å²) < 4.78 is 37.8. The van der Waals surface area contributed by atoms with Crippen molar-refractivity contribution in [2.45, 2.75) is 25.9 Å². The lowest BCUT2D eigenvalue weighted by Gasteiger charge is -2.19. The Balaban J connectivity index is 1.78. The fourth-order valence-electron chi connectivity index (χ4n) is 2.89. The molecule has 2 aromatic rings. The quantitative estimate of drug-likeness (QED) is 0.880. The summed E-state index contributed by atoms with van der Waals surface area (Å²) in [5, 5.41) is 2.66. The van der Waals surface area contributed by atoms with Crippen molar-refractivity contribution >= 4 is 23.2 Å². The second-order valence-electron chi connectivity index (χ2n) is 6.18. The molecule has 1 aliphatic rings. The highest BCUT2D eigenvalue weighted by Crippen LogP contribution is 2.30. The molecule has 1 heterocycles. The third-order valence-corrected chi connectivity index (χ3v) is 4.31. The molecule has 136 valence electrons. The summed E-state index contributed by atoms with van der Waals surface area (Å²) in [7, 11) is 0. The summed E-state index contributed by atoms with van der Waals surface area (Å²) in [4.78, 5) is 25.9. The highest BCUT2D eigenvalue weighted by Gasteiger charge is 2.30. The molecule has 0 atom stereocenters. The van der Waals surface area contributed by atoms with Gasteiger partial charge < -0.3 is 10.2 Å². The molecule has 0 radical (unpaired) electrons. The van der Waals surface area contributed by atoms with Crippen molar-refractivity contribution in [2.75, 3.05) is 16.8 Å². The smallest absolute Gasteiger partial charge is 0.322 e. The normalized spacial score (nSPS) is 14.6. The fraction of sp³-hybridized carbons (Fsp3) is 0.263. The lowest BCUT2D eigenvalue weighted by Crippen LogP contribution is -2.24. The molecule has 0 aliphatic carbocycles. The van der Waals surface area contributed by atoms with E-state index in [9.17, 15) is 22.8 Å². The van der Waals surface area contributed by atoms with Crippen molar-refractivity contribution in [3.63, 3.8) is 0 Å². The van der Waals surface area contributed by atoms with E-state index in [-0.39, 0.29) is 11.5 Å². The number of rotatable bonds is 3. The molecular weight excluding hydrogens is 345 g/mol. The van der Waals surface area contributed by atoms with Crippen LogP contribution in [-0.2, 0) is 11.0 Å². The van der Waals surface area contributed by atoms with Crippen LogP contribution in [0.1, 0.15) is 34.3 Å². The molecule has 2 amide bonds. The van der Waals surface area contributed by atoms with Gasteiger partial charge in [0.2, 0.25) is 5.91 Å². The van der Waals surface area contributed by atoms with Gasteiger partial charge in [0.05, 0.1) is 5.56 Å². The minimum atomic E-state index is -4.44. The molecule has 0 unspecified atom stereocenters. The van der Waals surface area contributed by atoms with E-state index in [2.05, 4.69) is 5.32 Å². The van der Waals surface area contributed by atoms with Crippen LogP contribution in [0.25, 0.3) is 0 Å². The van der Waals surface area contributed by atoms with Gasteiger partial charge in [0.15, 0.2) is 0 Å². The Hall–Kier alpha value is -2.83. The number of carbonyl (C=O) groups excluding carboxylic acids is 2. The third-order valence-electron chi connectivity index (χ3n) is 4.31. The maximum absolute atomic E-state index is 12.6. The number of alkyl halides is 3. The van der Waals surface area contributed by atoms with Gasteiger partial charge in [-0.15, -0.1) is 0 Å². The minimum absolute atomic E-state index is 0.0410. The number of nitrogens with zero attached hydrogens (tertiary/aromatic N) is 1. The summed E-state index contributed by atoms with van der Waals surface area (Å²) in [5.41, 5.74) is 1.44. The van der Waals surface area contributed by atoms with Gasteiger partial charge in [-0.1, -0.05) is 6.07 Å². The molecule has 0 saturated carbocycles. The van der Waals surface area contributed by atoms with Crippen LogP contribution >= 0.6 is 0 Å². The Bertz CT molecular complexity index is 845. The van der Waals surface area contributed by atoms with Crippen LogP contribution in [0.4, 0.5) is 24.5 Å². The van der Waals surface area contributed by atoms with Gasteiger partial charge in [0.1, 0.15) is 0 Å². The summed E-state index contributed by atoms with van der Waals surface area (Å²) in [5.74, 6) is -0.472. The van der Waals surface area contributed by atoms with E-state index < -0.39 is 17.6 Å². The van der Waals surface area contributed by atoms with E-state index in [0.717, 1.165) is 41.9 Å². The molecule has 3 rings (SSSR count). The predicted molar refractivity (Wildman–Crippen MR) is 92.2 cm³/mol. The van der Waals surface area contributed by atoms with Crippen molar-refractivity contribution in [1.82, 2.24) is 0 Å². The summed E-state index contributed by atoms with van der Waals surface area (Å²) >= 11 is 0. The highest BCUT2D eigenvalue weighted by molar-refractivity contribution is 6.05. The summed E-state index contributed by atoms with van der Waals surface area (Å²) in [6, 6.07) is 9.22. The van der Waals surface area contributed by atoms with E-state index in [1.54, 1.807) is 23.1 Å². The van der Waals surface area contributed by atoms with E-state index in [1.165, 1.54) is 0 Å². The number of hydrogen-bond acceptors (Lipinski definition) is 2. The minimum Gasteiger partial charge on any atom is -0.322 e. The number of aryl methyl sites for hydroxylation is 1. The first-order valence-corrected chi connectivity index (χ1v) is 8.15. The molecule has 1 fully saturated rings. The zero-order chi connectivity index (χ0) is 18.9. The van der Waals surface area contributed by atoms with Gasteiger partial charge in [-0.25, -0.2) is 0 Å². The molecule has 0 aromatic heterocycles. The van der Waals surface area contributed by atoms with Crippen molar-refractivity contribution in [1.29, 1.82) is 0 Å². The average molecular weight is 362 g/mol. The Labute approximate surface area is 148 Å². The second-order valence-corrected chi connectivity index (χ2v) is 6.18. The number of carbonyl (C=O) groups is 2.